The summed E-state index contributed by atoms with van der Waals surface area (Å²) in [5, 5.41) is 8.72. The van der Waals surface area contributed by atoms with Gasteiger partial charge in [0.2, 0.25) is 0 Å². The largest absolute Gasteiger partial charge is 0.464 e. The molecule has 0 bridgehead atoms. The van der Waals surface area contributed by atoms with Crippen LogP contribution in [-0.2, 0) is 7.05 Å². The van der Waals surface area contributed by atoms with Gasteiger partial charge in [0.15, 0.2) is 0 Å². The van der Waals surface area contributed by atoms with E-state index in [2.05, 4.69) is 32.4 Å². The molecule has 1 unspecified atom stereocenters. The Bertz CT molecular complexity index is 697. The molecule has 5 heteroatoms. The molecule has 0 spiro atoms. The lowest BCUT2D eigenvalue weighted by atomic mass is 10.0. The molecule has 98 valence electrons. The van der Waals surface area contributed by atoms with Crippen LogP contribution in [0.5, 0.6) is 0 Å². The summed E-state index contributed by atoms with van der Waals surface area (Å²) in [5.41, 5.74) is 3.09. The smallest absolute Gasteiger partial charge is 0.134 e. The summed E-state index contributed by atoms with van der Waals surface area (Å²) >= 11 is 3.55. The molecule has 0 radical (unpaired) electrons. The number of nitrogens with one attached hydrogen (secondary N) is 1. The van der Waals surface area contributed by atoms with Gasteiger partial charge < -0.3 is 9.73 Å². The highest BCUT2D eigenvalue weighted by Crippen LogP contribution is 2.33. The number of furan rings is 1. The van der Waals surface area contributed by atoms with Gasteiger partial charge in [-0.15, -0.1) is 0 Å². The number of hydrogen-bond acceptors (Lipinski definition) is 3. The summed E-state index contributed by atoms with van der Waals surface area (Å²) in [6, 6.07) is 8.08. The van der Waals surface area contributed by atoms with Gasteiger partial charge in [0.1, 0.15) is 5.58 Å². The maximum atomic E-state index is 5.62. The zero-order valence-corrected chi connectivity index (χ0v) is 12.3. The number of benzene rings is 1. The van der Waals surface area contributed by atoms with E-state index in [0.717, 1.165) is 26.7 Å². The van der Waals surface area contributed by atoms with Crippen LogP contribution in [0.25, 0.3) is 11.0 Å². The first-order valence-corrected chi connectivity index (χ1v) is 6.82. The van der Waals surface area contributed by atoms with Gasteiger partial charge in [0.05, 0.1) is 28.7 Å². The molecule has 0 saturated carbocycles. The first kappa shape index (κ1) is 12.4. The van der Waals surface area contributed by atoms with E-state index in [0.29, 0.717) is 0 Å². The minimum atomic E-state index is 0.0329. The Hall–Kier alpha value is -1.59. The number of halogens is 1. The molecule has 0 aliphatic carbocycles. The molecule has 3 aromatic rings. The van der Waals surface area contributed by atoms with Crippen molar-refractivity contribution >= 4 is 26.9 Å². The van der Waals surface area contributed by atoms with Gasteiger partial charge >= 0.3 is 0 Å². The molecule has 0 aliphatic heterocycles. The van der Waals surface area contributed by atoms with Crippen molar-refractivity contribution in [1.29, 1.82) is 0 Å². The first-order chi connectivity index (χ1) is 9.22. The van der Waals surface area contributed by atoms with E-state index in [1.54, 1.807) is 0 Å². The second-order valence-corrected chi connectivity index (χ2v) is 5.26. The number of hydrogen-bond donors (Lipinski definition) is 1. The van der Waals surface area contributed by atoms with Crippen molar-refractivity contribution in [1.82, 2.24) is 15.1 Å². The normalized spacial score (nSPS) is 13.0. The average molecular weight is 320 g/mol. The molecule has 1 atom stereocenters. The predicted octanol–water partition coefficient (Wildman–Crippen LogP) is 3.24. The fraction of sp³-hybridized carbons (Fsp3) is 0.214. The fourth-order valence-corrected chi connectivity index (χ4v) is 2.98. The number of nitrogens with zero attached hydrogens (tertiary/aromatic N) is 2. The van der Waals surface area contributed by atoms with Crippen molar-refractivity contribution in [2.75, 3.05) is 7.05 Å². The first-order valence-electron chi connectivity index (χ1n) is 6.03. The van der Waals surface area contributed by atoms with Crippen LogP contribution in [0.3, 0.4) is 0 Å². The highest BCUT2D eigenvalue weighted by atomic mass is 79.9. The monoisotopic (exact) mass is 319 g/mol. The van der Waals surface area contributed by atoms with E-state index < -0.39 is 0 Å². The molecule has 0 aliphatic rings. The van der Waals surface area contributed by atoms with E-state index >= 15 is 0 Å². The van der Waals surface area contributed by atoms with Gasteiger partial charge in [-0.3, -0.25) is 4.68 Å². The van der Waals surface area contributed by atoms with Gasteiger partial charge in [-0.1, -0.05) is 18.2 Å². The lowest BCUT2D eigenvalue weighted by Gasteiger charge is -2.16. The van der Waals surface area contributed by atoms with Crippen molar-refractivity contribution in [2.24, 2.45) is 7.05 Å². The highest BCUT2D eigenvalue weighted by molar-refractivity contribution is 9.10. The zero-order chi connectivity index (χ0) is 13.4. The van der Waals surface area contributed by atoms with Gasteiger partial charge in [0, 0.05) is 18.0 Å². The molecule has 2 heterocycles. The third-order valence-electron chi connectivity index (χ3n) is 3.32. The average Bonchev–Trinajstić information content (AvgIpc) is 2.98. The van der Waals surface area contributed by atoms with Crippen molar-refractivity contribution in [2.45, 2.75) is 6.04 Å². The Kier molecular flexibility index (Phi) is 3.16. The summed E-state index contributed by atoms with van der Waals surface area (Å²) < 4.78 is 8.48. The Morgan fingerprint density at radius 1 is 1.37 bits per heavy atom. The van der Waals surface area contributed by atoms with Gasteiger partial charge in [-0.2, -0.15) is 5.10 Å². The standard InChI is InChI=1S/C14H14BrN3O/c1-16-13(14-11(15)7-17-18(14)2)10-8-19-12-6-4-3-5-9(10)12/h3-8,13,16H,1-2H3. The van der Waals surface area contributed by atoms with Gasteiger partial charge in [-0.25, -0.2) is 0 Å². The molecular weight excluding hydrogens is 306 g/mol. The molecule has 4 nitrogen and oxygen atoms in total. The second-order valence-electron chi connectivity index (χ2n) is 4.41. The van der Waals surface area contributed by atoms with E-state index in [9.17, 15) is 0 Å². The summed E-state index contributed by atoms with van der Waals surface area (Å²) in [5.74, 6) is 0. The third kappa shape index (κ3) is 1.99. The van der Waals surface area contributed by atoms with E-state index in [-0.39, 0.29) is 6.04 Å². The molecular formula is C14H14BrN3O. The van der Waals surface area contributed by atoms with Crippen molar-refractivity contribution in [3.05, 3.63) is 52.5 Å². The molecule has 1 N–H and O–H groups in total. The molecule has 0 fully saturated rings. The van der Waals surface area contributed by atoms with E-state index in [1.165, 1.54) is 0 Å². The Balaban J connectivity index is 2.18. The molecule has 3 rings (SSSR count). The quantitative estimate of drug-likeness (QED) is 0.806. The summed E-state index contributed by atoms with van der Waals surface area (Å²) in [6.45, 7) is 0. The Labute approximate surface area is 119 Å². The predicted molar refractivity (Wildman–Crippen MR) is 78.0 cm³/mol. The molecule has 0 saturated heterocycles. The zero-order valence-electron chi connectivity index (χ0n) is 10.7. The third-order valence-corrected chi connectivity index (χ3v) is 3.93. The van der Waals surface area contributed by atoms with Gasteiger partial charge in [0.25, 0.3) is 0 Å². The number of para-hydroxylation sites is 1. The number of fused-ring (bicyclic) bond motifs is 1. The summed E-state index contributed by atoms with van der Waals surface area (Å²) in [6.07, 6.45) is 3.62. The number of aromatic nitrogens is 2. The summed E-state index contributed by atoms with van der Waals surface area (Å²) in [4.78, 5) is 0. The second kappa shape index (κ2) is 4.83. The van der Waals surface area contributed by atoms with Crippen LogP contribution in [0, 0.1) is 0 Å². The van der Waals surface area contributed by atoms with Crippen LogP contribution in [0.2, 0.25) is 0 Å². The highest BCUT2D eigenvalue weighted by Gasteiger charge is 2.22. The minimum Gasteiger partial charge on any atom is -0.464 e. The molecule has 2 aromatic heterocycles. The maximum absolute atomic E-state index is 5.62. The van der Waals surface area contributed by atoms with Crippen LogP contribution < -0.4 is 5.32 Å². The molecule has 0 amide bonds. The SMILES string of the molecule is CNC(c1coc2ccccc12)c1c(Br)cnn1C. The number of aryl methyl sites for hydroxylation is 1. The van der Waals surface area contributed by atoms with Gasteiger partial charge in [-0.05, 0) is 29.0 Å². The lowest BCUT2D eigenvalue weighted by molar-refractivity contribution is 0.575. The fourth-order valence-electron chi connectivity index (χ4n) is 2.41. The lowest BCUT2D eigenvalue weighted by Crippen LogP contribution is -2.20. The van der Waals surface area contributed by atoms with E-state index in [1.807, 2.05) is 49.4 Å². The summed E-state index contributed by atoms with van der Waals surface area (Å²) in [7, 11) is 3.87. The number of rotatable bonds is 3. The van der Waals surface area contributed by atoms with Crippen LogP contribution in [0.15, 0.2) is 45.6 Å². The van der Waals surface area contributed by atoms with Crippen molar-refractivity contribution < 1.29 is 4.42 Å². The minimum absolute atomic E-state index is 0.0329. The van der Waals surface area contributed by atoms with Crippen LogP contribution >= 0.6 is 15.9 Å². The van der Waals surface area contributed by atoms with Crippen LogP contribution in [0.4, 0.5) is 0 Å². The van der Waals surface area contributed by atoms with Crippen LogP contribution in [0.1, 0.15) is 17.3 Å². The van der Waals surface area contributed by atoms with Crippen molar-refractivity contribution in [3.63, 3.8) is 0 Å². The van der Waals surface area contributed by atoms with E-state index in [4.69, 9.17) is 4.42 Å². The van der Waals surface area contributed by atoms with Crippen LogP contribution in [-0.4, -0.2) is 16.8 Å². The molecule has 1 aromatic carbocycles. The Morgan fingerprint density at radius 3 is 2.84 bits per heavy atom. The molecule has 19 heavy (non-hydrogen) atoms. The Morgan fingerprint density at radius 2 is 2.16 bits per heavy atom. The maximum Gasteiger partial charge on any atom is 0.134 e. The van der Waals surface area contributed by atoms with Crippen molar-refractivity contribution in [3.8, 4) is 0 Å². The topological polar surface area (TPSA) is 43.0 Å².